The molecule has 1 amide bonds. The highest BCUT2D eigenvalue weighted by Gasteiger charge is 2.76. The smallest absolute Gasteiger partial charge is 0.336 e. The number of aliphatic hydroxyl groups excluding tert-OH is 23. The van der Waals surface area contributed by atoms with Gasteiger partial charge in [-0.3, -0.25) is 14.4 Å². The van der Waals surface area contributed by atoms with Crippen LogP contribution in [0, 0.1) is 50.2 Å². The molecule has 25 N–H and O–H groups in total. The molecule has 13 aliphatic rings. The van der Waals surface area contributed by atoms with Crippen molar-refractivity contribution >= 4 is 23.6 Å². The van der Waals surface area contributed by atoms with Crippen LogP contribution in [0.15, 0.2) is 72.6 Å². The van der Waals surface area contributed by atoms with E-state index in [2.05, 4.69) is 25.1 Å². The highest BCUT2D eigenvalue weighted by atomic mass is 16.8. The number of aliphatic hydroxyl groups is 24. The Balaban J connectivity index is 0.796. The topological polar surface area (TPSA) is 732 Å². The van der Waals surface area contributed by atoms with Gasteiger partial charge in [-0.05, 0) is 132 Å². The summed E-state index contributed by atoms with van der Waals surface area (Å²) in [6.45, 7) is 27.8. The van der Waals surface area contributed by atoms with E-state index in [0.29, 0.717) is 12.0 Å². The van der Waals surface area contributed by atoms with Crippen LogP contribution in [-0.4, -0.2) is 455 Å². The van der Waals surface area contributed by atoms with E-state index >= 15 is 14.4 Å². The first-order chi connectivity index (χ1) is 68.4. The molecular weight excluding hydrogens is 1940 g/mol. The third-order valence-corrected chi connectivity index (χ3v) is 33.8. The van der Waals surface area contributed by atoms with Crippen molar-refractivity contribution in [2.24, 2.45) is 50.2 Å². The number of fused-ring (bicyclic) bond motifs is 7. The van der Waals surface area contributed by atoms with Crippen molar-refractivity contribution in [3.05, 3.63) is 72.6 Å². The third kappa shape index (κ3) is 22.8. The lowest BCUT2D eigenvalue weighted by Gasteiger charge is -2.71. The number of rotatable bonds is 36. The van der Waals surface area contributed by atoms with E-state index in [9.17, 15) is 127 Å². The summed E-state index contributed by atoms with van der Waals surface area (Å²) < 4.78 is 111. The molecule has 17 unspecified atom stereocenters. The Labute approximate surface area is 845 Å². The number of carbonyl (C=O) groups is 4. The minimum atomic E-state index is -2.41. The van der Waals surface area contributed by atoms with Crippen LogP contribution in [0.4, 0.5) is 0 Å². The van der Waals surface area contributed by atoms with E-state index < -0.39 is 384 Å². The Bertz CT molecular complexity index is 4580. The van der Waals surface area contributed by atoms with Gasteiger partial charge in [0.25, 0.3) is 0 Å². The van der Waals surface area contributed by atoms with Gasteiger partial charge in [0.2, 0.25) is 12.2 Å². The van der Waals surface area contributed by atoms with Crippen molar-refractivity contribution in [2.75, 3.05) is 46.2 Å². The summed E-state index contributed by atoms with van der Waals surface area (Å²) in [5.41, 5.74) is -10.4. The van der Waals surface area contributed by atoms with Crippen LogP contribution < -0.4 is 5.32 Å². The van der Waals surface area contributed by atoms with Gasteiger partial charge >= 0.3 is 11.9 Å². The van der Waals surface area contributed by atoms with Crippen molar-refractivity contribution < 1.29 is 227 Å². The van der Waals surface area contributed by atoms with E-state index in [-0.39, 0.29) is 80.5 Å². The minimum absolute atomic E-state index is 0.0415. The monoisotopic (exact) mass is 2090 g/mol. The number of carbonyl (C=O) groups excluding carboxylic acids is 4. The number of allylic oxidation sites excluding steroid dienone is 4. The lowest BCUT2D eigenvalue weighted by atomic mass is 9.33. The molecule has 47 nitrogen and oxygen atoms in total. The number of amides is 1. The quantitative estimate of drug-likeness (QED) is 0.00694. The summed E-state index contributed by atoms with van der Waals surface area (Å²) in [4.78, 5) is 61.6. The van der Waals surface area contributed by atoms with Crippen LogP contribution in [0.25, 0.3) is 0 Å². The molecule has 12 fully saturated rings. The molecule has 13 rings (SSSR count). The SMILES string of the molecule is C=CC(C)(O)CC/C=C(\CO)C(=C)O[C@@H]1C(C)O[C@@H](O[C@](C)(C=C)CC/C=C(\CO)C(=O)O[C@H]2C[C@@]3(C(=O)O[C@@H]4OC(CO)[C@@H](O)[C@H](O)C4O[C@@H]4OC(C)[C@H](O[C@@H]5O[C@@H](CO)[C@H](O)[C@@H]5O)C(O[C@@H]5OC(CO)[C@@H](O)[C@H](O)C5O)[C@@H]4O)C(CC2(C)C)C2=CC(=O)C4[C@@]5(C)CC[C@H](O[C@@H]6OC(CO[C@@H]7OC(C)[C@H](O)[C@H](O)C7O[C@@H]7OC[C@@H](O)[C@H](O)C7O)[C@@H](O)[C@H](O)C6NC(C)=O)C(C)(C)C5CC[C@@]4(C)[C@]2(C)C[C@H]3O)C(O)[C@H]1O. The average molecular weight is 2100 g/mol. The van der Waals surface area contributed by atoms with Crippen molar-refractivity contribution in [2.45, 2.75) is 424 Å². The van der Waals surface area contributed by atoms with Gasteiger partial charge in [-0.2, -0.15) is 0 Å². The Morgan fingerprint density at radius 3 is 1.63 bits per heavy atom. The summed E-state index contributed by atoms with van der Waals surface area (Å²) in [5, 5.41) is 272. The Morgan fingerprint density at radius 2 is 1.01 bits per heavy atom. The first-order valence-corrected chi connectivity index (χ1v) is 50.1. The predicted octanol–water partition coefficient (Wildman–Crippen LogP) is -5.75. The Hall–Kier alpha value is -5.24. The molecule has 8 saturated heterocycles. The fourth-order valence-electron chi connectivity index (χ4n) is 24.6. The maximum atomic E-state index is 16.9. The van der Waals surface area contributed by atoms with Gasteiger partial charge in [0, 0.05) is 36.2 Å². The molecule has 832 valence electrons. The van der Waals surface area contributed by atoms with E-state index in [4.69, 9.17) is 85.3 Å². The maximum Gasteiger partial charge on any atom is 0.336 e. The van der Waals surface area contributed by atoms with Gasteiger partial charge in [-0.15, -0.1) is 13.2 Å². The van der Waals surface area contributed by atoms with Gasteiger partial charge in [0.1, 0.15) is 170 Å². The van der Waals surface area contributed by atoms with E-state index in [1.807, 2.05) is 34.6 Å². The molecule has 5 aliphatic carbocycles. The van der Waals surface area contributed by atoms with Gasteiger partial charge in [-0.1, -0.05) is 84.9 Å². The molecule has 47 heteroatoms. The zero-order valence-corrected chi connectivity index (χ0v) is 84.4. The minimum Gasteiger partial charge on any atom is -0.485 e. The number of esters is 2. The fraction of sp³-hybridized carbons (Fsp3) is 0.838. The van der Waals surface area contributed by atoms with Crippen LogP contribution in [-0.2, 0) is 104 Å². The molecule has 146 heavy (non-hydrogen) atoms. The summed E-state index contributed by atoms with van der Waals surface area (Å²) in [6, 6.07) is -1.44. The van der Waals surface area contributed by atoms with Crippen LogP contribution in [0.2, 0.25) is 0 Å². The molecule has 0 aromatic rings. The molecule has 8 aliphatic heterocycles. The van der Waals surface area contributed by atoms with Crippen molar-refractivity contribution in [1.82, 2.24) is 5.32 Å². The summed E-state index contributed by atoms with van der Waals surface area (Å²) in [5.74, 6) is -6.17. The number of ether oxygens (including phenoxy) is 18. The van der Waals surface area contributed by atoms with Gasteiger partial charge in [-0.25, -0.2) is 4.79 Å². The van der Waals surface area contributed by atoms with Crippen molar-refractivity contribution in [3.8, 4) is 0 Å². The lowest BCUT2D eigenvalue weighted by Crippen LogP contribution is -2.71. The maximum absolute atomic E-state index is 16.9. The lowest BCUT2D eigenvalue weighted by molar-refractivity contribution is -0.390. The molecule has 0 spiro atoms. The van der Waals surface area contributed by atoms with Crippen LogP contribution in [0.5, 0.6) is 0 Å². The third-order valence-electron chi connectivity index (χ3n) is 33.8. The molecular formula is C99H155NO46. The highest BCUT2D eigenvalue weighted by molar-refractivity contribution is 5.96. The highest BCUT2D eigenvalue weighted by Crippen LogP contribution is 2.76. The number of nitrogens with one attached hydrogen (secondary N) is 1. The van der Waals surface area contributed by atoms with Crippen molar-refractivity contribution in [3.63, 3.8) is 0 Å². The van der Waals surface area contributed by atoms with E-state index in [1.165, 1.54) is 45.1 Å². The molecule has 4 saturated carbocycles. The summed E-state index contributed by atoms with van der Waals surface area (Å²) in [7, 11) is 0. The molecule has 8 heterocycles. The van der Waals surface area contributed by atoms with Gasteiger partial charge < -0.3 is 213 Å². The number of hydrogen-bond donors (Lipinski definition) is 25. The van der Waals surface area contributed by atoms with Crippen LogP contribution in [0.3, 0.4) is 0 Å². The fourth-order valence-corrected chi connectivity index (χ4v) is 24.6. The van der Waals surface area contributed by atoms with Gasteiger partial charge in [0.05, 0.1) is 93.5 Å². The average Bonchev–Trinajstić information content (AvgIpc) is 0.789. The van der Waals surface area contributed by atoms with Crippen LogP contribution in [0.1, 0.15) is 161 Å². The van der Waals surface area contributed by atoms with E-state index in [1.54, 1.807) is 40.7 Å². The molecule has 0 aromatic heterocycles. The summed E-state index contributed by atoms with van der Waals surface area (Å²) >= 11 is 0. The standard InChI is InChI=1S/C99H155NO46/c1-17-94(12,128)25-19-21-45(33-101)40(3)131-76-42(5)134-88(74(124)70(76)120)146-95(13,18-2)26-20-22-46(34-102)82(126)139-58-32-99(91(127)145-90-80(69(119)63(113)52(36-104)137-90)144-87-75(125)78(142-86-73(123)67(117)62(112)51(35-103)135-86)77(43(6)133-87)141-85-72(122)64(114)53(37-105)136-85)48(30-92(58,8)9)47-29-49(107)81-96(14)27-24-57(93(10,11)55(96)23-28-97(81,15)98(47,16)31-56(99)109)140-83-59(100-44(7)106)66(116)65(115)54(138-83)39-130-89-79(68(118)60(110)41(4)132-89)143-84-71(121)61(111)50(108)38-129-84/h17-18,21-22,29,41-43,48,50-81,83-90,101-105,108-125,128H,1-3,19-20,23-28,30-39H2,4-16H3,(H,100,106)/b45-21+,46-22+/t41?,42?,43?,48?,50-,51?,52?,53+,54?,55?,56-,57+,58+,59?,60+,61+,62-,63-,64+,65-,66-,67+,68+,69+,70-,71?,72+,73?,74?,75+,76-,77+,78?,79?,80?,81?,83+,84+,85+,86+,87+,88+,89-,90+,94?,95-,96+,97-,98-,99-/m1/s1. The van der Waals surface area contributed by atoms with Gasteiger partial charge in [0.15, 0.2) is 62.0 Å². The first kappa shape index (κ1) is 118. The molecule has 0 aromatic carbocycles. The molecule has 0 bridgehead atoms. The zero-order chi connectivity index (χ0) is 108. The predicted molar refractivity (Wildman–Crippen MR) is 494 cm³/mol. The second-order valence-corrected chi connectivity index (χ2v) is 44.3. The molecule has 0 radical (unpaired) electrons. The largest absolute Gasteiger partial charge is 0.485 e. The number of ketones is 1. The Kier molecular flexibility index (Phi) is 37.5. The molecule has 50 atom stereocenters. The van der Waals surface area contributed by atoms with Crippen molar-refractivity contribution in [1.29, 1.82) is 0 Å². The summed E-state index contributed by atoms with van der Waals surface area (Å²) in [6.07, 6.45) is -62.6. The second kappa shape index (κ2) is 46.4. The first-order valence-electron chi connectivity index (χ1n) is 50.1. The Morgan fingerprint density at radius 1 is 0.500 bits per heavy atom. The second-order valence-electron chi connectivity index (χ2n) is 44.3. The zero-order valence-electron chi connectivity index (χ0n) is 84.4. The number of hydrogen-bond acceptors (Lipinski definition) is 46. The normalized spacial score (nSPS) is 47.5. The van der Waals surface area contributed by atoms with Crippen LogP contribution >= 0.6 is 0 Å². The van der Waals surface area contributed by atoms with E-state index in [0.717, 1.165) is 0 Å².